The minimum absolute atomic E-state index is 0.641. The van der Waals surface area contributed by atoms with Gasteiger partial charge in [-0.1, -0.05) is 59.2 Å². The third-order valence-electron chi connectivity index (χ3n) is 4.10. The normalized spacial score (nSPS) is 16.7. The van der Waals surface area contributed by atoms with E-state index < -0.39 is 8.80 Å². The average molecular weight is 537 g/mol. The maximum atomic E-state index is 5.99. The molecular formula is C20H28O3S6Si. The monoisotopic (exact) mass is 536 g/mol. The Morgan fingerprint density at radius 1 is 0.800 bits per heavy atom. The van der Waals surface area contributed by atoms with Crippen LogP contribution in [0.1, 0.15) is 27.2 Å². The SMILES string of the molecule is CCO[Si](CCCSC1=C(SC)SC(=C2Sc3ccccc3S2)S1)(OCC)OCC. The standard InChI is InChI=1S/C20H28O3S6Si/c1-5-21-30(22-6-2,23-7-3)14-10-13-25-18-17(24-4)28-20(29-18)19-26-15-11-8-9-12-16(15)27-19/h8-9,11-12H,5-7,10,13-14H2,1-4H3. The second-order valence-corrected chi connectivity index (χ2v) is 16.0. The first-order valence-corrected chi connectivity index (χ1v) is 17.4. The molecule has 3 rings (SSSR count). The summed E-state index contributed by atoms with van der Waals surface area (Å²) in [6, 6.07) is 9.56. The molecule has 2 aliphatic heterocycles. The quantitative estimate of drug-likeness (QED) is 0.194. The van der Waals surface area contributed by atoms with Gasteiger partial charge in [0.05, 0.1) is 16.9 Å². The summed E-state index contributed by atoms with van der Waals surface area (Å²) in [7, 11) is -2.53. The van der Waals surface area contributed by atoms with Gasteiger partial charge in [-0.3, -0.25) is 0 Å². The maximum Gasteiger partial charge on any atom is 0.500 e. The number of rotatable bonds is 12. The summed E-state index contributed by atoms with van der Waals surface area (Å²) in [6.07, 6.45) is 3.21. The van der Waals surface area contributed by atoms with Crippen LogP contribution in [0.25, 0.3) is 0 Å². The average Bonchev–Trinajstić information content (AvgIpc) is 3.35. The Morgan fingerprint density at radius 2 is 1.33 bits per heavy atom. The lowest BCUT2D eigenvalue weighted by atomic mass is 10.4. The zero-order chi connectivity index (χ0) is 21.4. The molecule has 10 heteroatoms. The molecule has 0 aliphatic carbocycles. The topological polar surface area (TPSA) is 27.7 Å². The lowest BCUT2D eigenvalue weighted by Crippen LogP contribution is -2.46. The predicted molar refractivity (Wildman–Crippen MR) is 143 cm³/mol. The number of fused-ring (bicyclic) bond motifs is 1. The highest BCUT2D eigenvalue weighted by Crippen LogP contribution is 2.63. The van der Waals surface area contributed by atoms with Crippen LogP contribution < -0.4 is 0 Å². The van der Waals surface area contributed by atoms with E-state index in [1.807, 2.05) is 91.3 Å². The fourth-order valence-corrected chi connectivity index (χ4v) is 14.1. The van der Waals surface area contributed by atoms with Gasteiger partial charge in [0.25, 0.3) is 0 Å². The van der Waals surface area contributed by atoms with Crippen molar-refractivity contribution < 1.29 is 13.3 Å². The van der Waals surface area contributed by atoms with Crippen molar-refractivity contribution in [3.63, 3.8) is 0 Å². The van der Waals surface area contributed by atoms with Gasteiger partial charge in [-0.25, -0.2) is 0 Å². The van der Waals surface area contributed by atoms with Crippen molar-refractivity contribution in [3.05, 3.63) is 41.2 Å². The molecule has 2 aliphatic rings. The molecule has 3 nitrogen and oxygen atoms in total. The molecule has 0 amide bonds. The van der Waals surface area contributed by atoms with Crippen LogP contribution in [-0.4, -0.2) is 40.6 Å². The van der Waals surface area contributed by atoms with E-state index in [1.54, 1.807) is 0 Å². The molecule has 0 saturated carbocycles. The molecule has 0 fully saturated rings. The molecule has 0 atom stereocenters. The van der Waals surface area contributed by atoms with Gasteiger partial charge in [-0.15, -0.1) is 23.5 Å². The van der Waals surface area contributed by atoms with Gasteiger partial charge in [0.1, 0.15) is 0 Å². The highest BCUT2D eigenvalue weighted by atomic mass is 32.3. The molecule has 30 heavy (non-hydrogen) atoms. The number of hydrogen-bond acceptors (Lipinski definition) is 9. The summed E-state index contributed by atoms with van der Waals surface area (Å²) in [6.45, 7) is 7.97. The smallest absolute Gasteiger partial charge is 0.374 e. The van der Waals surface area contributed by atoms with E-state index in [0.29, 0.717) is 19.8 Å². The molecule has 0 N–H and O–H groups in total. The van der Waals surface area contributed by atoms with Crippen molar-refractivity contribution in [3.8, 4) is 0 Å². The number of benzene rings is 1. The lowest BCUT2D eigenvalue weighted by molar-refractivity contribution is 0.0712. The van der Waals surface area contributed by atoms with Gasteiger partial charge in [0.15, 0.2) is 0 Å². The summed E-state index contributed by atoms with van der Waals surface area (Å²) in [5.74, 6) is 1.05. The Labute approximate surface area is 207 Å². The Morgan fingerprint density at radius 3 is 1.87 bits per heavy atom. The van der Waals surface area contributed by atoms with E-state index >= 15 is 0 Å². The van der Waals surface area contributed by atoms with Crippen molar-refractivity contribution in [2.24, 2.45) is 0 Å². The molecule has 0 radical (unpaired) electrons. The first kappa shape index (κ1) is 25.5. The van der Waals surface area contributed by atoms with E-state index in [0.717, 1.165) is 18.2 Å². The van der Waals surface area contributed by atoms with Crippen molar-refractivity contribution in [2.75, 3.05) is 31.8 Å². The highest BCUT2D eigenvalue weighted by molar-refractivity contribution is 8.42. The molecule has 0 unspecified atom stereocenters. The van der Waals surface area contributed by atoms with Crippen LogP contribution >= 0.6 is 70.6 Å². The molecule has 0 bridgehead atoms. The zero-order valence-corrected chi connectivity index (χ0v) is 23.6. The maximum absolute atomic E-state index is 5.99. The second-order valence-electron chi connectivity index (χ2n) is 6.14. The van der Waals surface area contributed by atoms with E-state index in [9.17, 15) is 0 Å². The van der Waals surface area contributed by atoms with E-state index in [-0.39, 0.29) is 0 Å². The Bertz CT molecular complexity index is 742. The van der Waals surface area contributed by atoms with Crippen LogP contribution in [0.15, 0.2) is 51.0 Å². The zero-order valence-electron chi connectivity index (χ0n) is 17.7. The first-order chi connectivity index (χ1) is 14.6. The van der Waals surface area contributed by atoms with Crippen LogP contribution in [0.3, 0.4) is 0 Å². The minimum Gasteiger partial charge on any atom is -0.374 e. The van der Waals surface area contributed by atoms with Gasteiger partial charge in [0, 0.05) is 35.7 Å². The molecule has 166 valence electrons. The van der Waals surface area contributed by atoms with Crippen molar-refractivity contribution in [1.82, 2.24) is 0 Å². The van der Waals surface area contributed by atoms with Crippen LogP contribution in [0.2, 0.25) is 6.04 Å². The van der Waals surface area contributed by atoms with Crippen molar-refractivity contribution >= 4 is 79.4 Å². The number of hydrogen-bond donors (Lipinski definition) is 0. The van der Waals surface area contributed by atoms with Gasteiger partial charge in [-0.2, -0.15) is 0 Å². The largest absolute Gasteiger partial charge is 0.500 e. The predicted octanol–water partition coefficient (Wildman–Crippen LogP) is 8.15. The molecule has 0 saturated heterocycles. The van der Waals surface area contributed by atoms with Gasteiger partial charge < -0.3 is 13.3 Å². The summed E-state index contributed by atoms with van der Waals surface area (Å²) < 4.78 is 23.7. The van der Waals surface area contributed by atoms with E-state index in [1.165, 1.54) is 26.7 Å². The first-order valence-electron chi connectivity index (χ1n) is 10.0. The second kappa shape index (κ2) is 13.0. The van der Waals surface area contributed by atoms with Gasteiger partial charge in [-0.05, 0) is 51.3 Å². The number of thioether (sulfide) groups is 6. The molecule has 0 aromatic heterocycles. The van der Waals surface area contributed by atoms with Crippen molar-refractivity contribution in [1.29, 1.82) is 0 Å². The molecule has 1 aromatic rings. The highest BCUT2D eigenvalue weighted by Gasteiger charge is 2.39. The summed E-state index contributed by atoms with van der Waals surface area (Å²) in [4.78, 5) is 2.75. The van der Waals surface area contributed by atoms with Crippen molar-refractivity contribution in [2.45, 2.75) is 43.0 Å². The fraction of sp³-hybridized carbons (Fsp3) is 0.500. The molecule has 2 heterocycles. The van der Waals surface area contributed by atoms with Crippen LogP contribution in [0.4, 0.5) is 0 Å². The van der Waals surface area contributed by atoms with Crippen LogP contribution in [-0.2, 0) is 13.3 Å². The molecule has 1 aromatic carbocycles. The third-order valence-corrected chi connectivity index (χ3v) is 15.8. The summed E-state index contributed by atoms with van der Waals surface area (Å²) in [5.41, 5.74) is 0. The Balaban J connectivity index is 1.55. The summed E-state index contributed by atoms with van der Waals surface area (Å²) >= 11 is 11.5. The molecular weight excluding hydrogens is 509 g/mol. The fourth-order valence-electron chi connectivity index (χ4n) is 2.95. The van der Waals surface area contributed by atoms with Crippen LogP contribution in [0.5, 0.6) is 0 Å². The Hall–Kier alpha value is 0.897. The Kier molecular flexibility index (Phi) is 11.0. The minimum atomic E-state index is -2.53. The lowest BCUT2D eigenvalue weighted by Gasteiger charge is -2.28. The third kappa shape index (κ3) is 6.71. The van der Waals surface area contributed by atoms with Crippen LogP contribution in [0, 0.1) is 0 Å². The summed E-state index contributed by atoms with van der Waals surface area (Å²) in [5, 5.41) is 0. The molecule has 0 spiro atoms. The van der Waals surface area contributed by atoms with E-state index in [4.69, 9.17) is 13.3 Å². The van der Waals surface area contributed by atoms with Gasteiger partial charge >= 0.3 is 8.80 Å². The van der Waals surface area contributed by atoms with Gasteiger partial charge in [0.2, 0.25) is 0 Å². The van der Waals surface area contributed by atoms with E-state index in [2.05, 4.69) is 30.5 Å².